The predicted octanol–water partition coefficient (Wildman–Crippen LogP) is 2.38. The van der Waals surface area contributed by atoms with Gasteiger partial charge in [-0.1, -0.05) is 17.7 Å². The van der Waals surface area contributed by atoms with Crippen LogP contribution in [0.15, 0.2) is 18.2 Å². The van der Waals surface area contributed by atoms with Crippen LogP contribution in [0.1, 0.15) is 18.4 Å². The van der Waals surface area contributed by atoms with Gasteiger partial charge >= 0.3 is 0 Å². The summed E-state index contributed by atoms with van der Waals surface area (Å²) in [6.45, 7) is 1.91. The minimum atomic E-state index is -0.415. The Kier molecular flexibility index (Phi) is 4.37. The molecule has 2 nitrogen and oxygen atoms in total. The molecule has 1 saturated heterocycles. The van der Waals surface area contributed by atoms with Crippen molar-refractivity contribution in [2.75, 3.05) is 13.1 Å². The van der Waals surface area contributed by atoms with Gasteiger partial charge in [0.2, 0.25) is 0 Å². The minimum absolute atomic E-state index is 0.130. The number of aliphatic hydroxyl groups excluding tert-OH is 1. The molecule has 2 rings (SSSR count). The molecule has 0 amide bonds. The molecule has 1 heterocycles. The van der Waals surface area contributed by atoms with E-state index >= 15 is 0 Å². The number of piperidine rings is 1. The molecule has 1 unspecified atom stereocenters. The molecule has 0 aromatic heterocycles. The molecule has 1 aromatic rings. The van der Waals surface area contributed by atoms with Crippen molar-refractivity contribution in [1.82, 2.24) is 5.32 Å². The fraction of sp³-hybridized carbons (Fsp3) is 0.538. The number of rotatable bonds is 3. The van der Waals surface area contributed by atoms with Gasteiger partial charge in [0.1, 0.15) is 5.82 Å². The van der Waals surface area contributed by atoms with Gasteiger partial charge in [-0.25, -0.2) is 4.39 Å². The molecule has 0 saturated carbocycles. The normalized spacial score (nSPS) is 19.2. The lowest BCUT2D eigenvalue weighted by molar-refractivity contribution is 0.0890. The van der Waals surface area contributed by atoms with Crippen LogP contribution in [-0.4, -0.2) is 24.3 Å². The molecule has 0 aliphatic carbocycles. The Balaban J connectivity index is 1.96. The van der Waals surface area contributed by atoms with Gasteiger partial charge in [0.15, 0.2) is 0 Å². The van der Waals surface area contributed by atoms with Crippen molar-refractivity contribution in [2.24, 2.45) is 5.92 Å². The molecule has 1 aliphatic rings. The van der Waals surface area contributed by atoms with Crippen molar-refractivity contribution >= 4 is 11.6 Å². The van der Waals surface area contributed by atoms with E-state index in [-0.39, 0.29) is 5.02 Å². The summed E-state index contributed by atoms with van der Waals surface area (Å²) >= 11 is 5.62. The first-order valence-electron chi connectivity index (χ1n) is 5.99. The summed E-state index contributed by atoms with van der Waals surface area (Å²) in [7, 11) is 0. The number of aliphatic hydroxyl groups is 1. The van der Waals surface area contributed by atoms with E-state index in [0.717, 1.165) is 31.5 Å². The van der Waals surface area contributed by atoms with Gasteiger partial charge in [-0.05, 0) is 56.0 Å². The molecule has 94 valence electrons. The monoisotopic (exact) mass is 257 g/mol. The standard InChI is InChI=1S/C13H17ClFNO/c14-11-2-1-9(7-12(11)15)8-13(17)10-3-5-16-6-4-10/h1-2,7,10,13,16-17H,3-6,8H2. The van der Waals surface area contributed by atoms with Gasteiger partial charge in [-0.2, -0.15) is 0 Å². The van der Waals surface area contributed by atoms with Crippen LogP contribution < -0.4 is 5.32 Å². The Morgan fingerprint density at radius 1 is 1.41 bits per heavy atom. The Bertz CT molecular complexity index is 380. The first kappa shape index (κ1) is 12.8. The van der Waals surface area contributed by atoms with Crippen LogP contribution in [0.25, 0.3) is 0 Å². The predicted molar refractivity (Wildman–Crippen MR) is 66.7 cm³/mol. The van der Waals surface area contributed by atoms with E-state index in [9.17, 15) is 9.50 Å². The molecule has 1 aliphatic heterocycles. The zero-order valence-electron chi connectivity index (χ0n) is 9.63. The van der Waals surface area contributed by atoms with Crippen LogP contribution in [0.2, 0.25) is 5.02 Å². The van der Waals surface area contributed by atoms with E-state index in [1.54, 1.807) is 12.1 Å². The molecule has 0 bridgehead atoms. The lowest BCUT2D eigenvalue weighted by Gasteiger charge is -2.27. The Hall–Kier alpha value is -0.640. The average Bonchev–Trinajstić information content (AvgIpc) is 2.35. The van der Waals surface area contributed by atoms with E-state index in [0.29, 0.717) is 12.3 Å². The molecule has 0 spiro atoms. The van der Waals surface area contributed by atoms with Crippen molar-refractivity contribution in [3.8, 4) is 0 Å². The summed E-state index contributed by atoms with van der Waals surface area (Å²) in [5, 5.41) is 13.5. The van der Waals surface area contributed by atoms with Crippen LogP contribution in [0.5, 0.6) is 0 Å². The summed E-state index contributed by atoms with van der Waals surface area (Å²) < 4.78 is 13.2. The van der Waals surface area contributed by atoms with Gasteiger partial charge in [0, 0.05) is 0 Å². The zero-order valence-corrected chi connectivity index (χ0v) is 10.4. The van der Waals surface area contributed by atoms with E-state index < -0.39 is 11.9 Å². The maximum Gasteiger partial charge on any atom is 0.142 e. The highest BCUT2D eigenvalue weighted by atomic mass is 35.5. The Morgan fingerprint density at radius 2 is 2.12 bits per heavy atom. The number of nitrogens with one attached hydrogen (secondary N) is 1. The highest BCUT2D eigenvalue weighted by Gasteiger charge is 2.21. The van der Waals surface area contributed by atoms with Crippen LogP contribution in [0.4, 0.5) is 4.39 Å². The number of hydrogen-bond donors (Lipinski definition) is 2. The van der Waals surface area contributed by atoms with Crippen molar-refractivity contribution in [3.63, 3.8) is 0 Å². The quantitative estimate of drug-likeness (QED) is 0.872. The Morgan fingerprint density at radius 3 is 2.76 bits per heavy atom. The fourth-order valence-electron chi connectivity index (χ4n) is 2.30. The second-order valence-electron chi connectivity index (χ2n) is 4.61. The van der Waals surface area contributed by atoms with Crippen LogP contribution in [-0.2, 0) is 6.42 Å². The Labute approximate surface area is 106 Å². The fourth-order valence-corrected chi connectivity index (χ4v) is 2.42. The molecule has 1 atom stereocenters. The van der Waals surface area contributed by atoms with Crippen LogP contribution >= 0.6 is 11.6 Å². The van der Waals surface area contributed by atoms with Gasteiger partial charge in [-0.3, -0.25) is 0 Å². The number of halogens is 2. The molecule has 2 N–H and O–H groups in total. The summed E-state index contributed by atoms with van der Waals surface area (Å²) in [4.78, 5) is 0. The number of benzene rings is 1. The average molecular weight is 258 g/mol. The lowest BCUT2D eigenvalue weighted by Crippen LogP contribution is -2.35. The first-order valence-corrected chi connectivity index (χ1v) is 6.37. The maximum atomic E-state index is 13.2. The summed E-state index contributed by atoms with van der Waals surface area (Å²) in [5.41, 5.74) is 0.804. The SMILES string of the molecule is OC(Cc1ccc(Cl)c(F)c1)C1CCNCC1. The second-order valence-corrected chi connectivity index (χ2v) is 5.01. The molecule has 1 fully saturated rings. The zero-order chi connectivity index (χ0) is 12.3. The third-order valence-corrected chi connectivity index (χ3v) is 3.66. The van der Waals surface area contributed by atoms with Crippen molar-refractivity contribution in [3.05, 3.63) is 34.6 Å². The van der Waals surface area contributed by atoms with Gasteiger partial charge in [0.05, 0.1) is 11.1 Å². The molecule has 17 heavy (non-hydrogen) atoms. The van der Waals surface area contributed by atoms with Crippen molar-refractivity contribution in [2.45, 2.75) is 25.4 Å². The number of hydrogen-bond acceptors (Lipinski definition) is 2. The van der Waals surface area contributed by atoms with Gasteiger partial charge in [0.25, 0.3) is 0 Å². The molecule has 4 heteroatoms. The van der Waals surface area contributed by atoms with Crippen LogP contribution in [0.3, 0.4) is 0 Å². The highest BCUT2D eigenvalue weighted by molar-refractivity contribution is 6.30. The topological polar surface area (TPSA) is 32.3 Å². The smallest absolute Gasteiger partial charge is 0.142 e. The summed E-state index contributed by atoms with van der Waals surface area (Å²) in [6, 6.07) is 4.73. The largest absolute Gasteiger partial charge is 0.392 e. The highest BCUT2D eigenvalue weighted by Crippen LogP contribution is 2.21. The molecule has 0 radical (unpaired) electrons. The van der Waals surface area contributed by atoms with Gasteiger partial charge < -0.3 is 10.4 Å². The summed E-state index contributed by atoms with van der Waals surface area (Å²) in [6.07, 6.45) is 2.07. The van der Waals surface area contributed by atoms with E-state index in [1.807, 2.05) is 0 Å². The van der Waals surface area contributed by atoms with Crippen molar-refractivity contribution in [1.29, 1.82) is 0 Å². The third kappa shape index (κ3) is 3.41. The second kappa shape index (κ2) is 5.80. The van der Waals surface area contributed by atoms with E-state index in [4.69, 9.17) is 11.6 Å². The van der Waals surface area contributed by atoms with Gasteiger partial charge in [-0.15, -0.1) is 0 Å². The molecular formula is C13H17ClFNO. The van der Waals surface area contributed by atoms with E-state index in [2.05, 4.69) is 5.32 Å². The first-order chi connectivity index (χ1) is 8.16. The third-order valence-electron chi connectivity index (χ3n) is 3.36. The maximum absolute atomic E-state index is 13.2. The van der Waals surface area contributed by atoms with Crippen molar-refractivity contribution < 1.29 is 9.50 Å². The lowest BCUT2D eigenvalue weighted by atomic mass is 9.89. The molecule has 1 aromatic carbocycles. The van der Waals surface area contributed by atoms with E-state index in [1.165, 1.54) is 6.07 Å². The molecular weight excluding hydrogens is 241 g/mol. The minimum Gasteiger partial charge on any atom is -0.392 e. The summed E-state index contributed by atoms with van der Waals surface area (Å²) in [5.74, 6) is -0.100. The van der Waals surface area contributed by atoms with Crippen LogP contribution in [0, 0.1) is 11.7 Å².